The molecule has 0 unspecified atom stereocenters. The van der Waals surface area contributed by atoms with Gasteiger partial charge in [-0.1, -0.05) is 11.6 Å². The third-order valence-electron chi connectivity index (χ3n) is 8.35. The second-order valence-corrected chi connectivity index (χ2v) is 14.3. The van der Waals surface area contributed by atoms with Crippen LogP contribution >= 0.6 is 11.6 Å². The number of fused-ring (bicyclic) bond motifs is 3. The number of aromatic nitrogens is 2. The Morgan fingerprint density at radius 3 is 2.33 bits per heavy atom. The van der Waals surface area contributed by atoms with Crippen LogP contribution in [0.2, 0.25) is 5.02 Å². The first-order valence-corrected chi connectivity index (χ1v) is 15.2. The number of pyridine rings is 1. The Labute approximate surface area is 233 Å². The zero-order valence-electron chi connectivity index (χ0n) is 22.6. The van der Waals surface area contributed by atoms with Gasteiger partial charge in [-0.25, -0.2) is 17.8 Å². The molecule has 1 saturated carbocycles. The summed E-state index contributed by atoms with van der Waals surface area (Å²) in [6.45, 7) is 6.56. The average Bonchev–Trinajstić information content (AvgIpc) is 3.57. The van der Waals surface area contributed by atoms with Crippen LogP contribution in [0.15, 0.2) is 41.4 Å². The van der Waals surface area contributed by atoms with Gasteiger partial charge < -0.3 is 9.80 Å². The highest BCUT2D eigenvalue weighted by molar-refractivity contribution is 7.89. The van der Waals surface area contributed by atoms with Gasteiger partial charge in [-0.05, 0) is 76.8 Å². The molecule has 11 heteroatoms. The number of likely N-dealkylation sites (tertiary alicyclic amines) is 1. The highest BCUT2D eigenvalue weighted by Crippen LogP contribution is 2.43. The Morgan fingerprint density at radius 2 is 1.74 bits per heavy atom. The summed E-state index contributed by atoms with van der Waals surface area (Å²) in [6, 6.07) is 7.36. The van der Waals surface area contributed by atoms with Crippen molar-refractivity contribution in [2.75, 3.05) is 25.0 Å². The average molecular weight is 574 g/mol. The Morgan fingerprint density at radius 1 is 1.08 bits per heavy atom. The summed E-state index contributed by atoms with van der Waals surface area (Å²) in [4.78, 5) is 22.4. The molecule has 2 aliphatic heterocycles. The molecule has 3 aromatic rings. The summed E-state index contributed by atoms with van der Waals surface area (Å²) in [5.74, 6) is 1.44. The minimum Gasteiger partial charge on any atom is -0.348 e. The van der Waals surface area contributed by atoms with Gasteiger partial charge in [0, 0.05) is 43.7 Å². The normalized spacial score (nSPS) is 21.8. The number of carbonyl (C=O) groups is 1. The number of hydrogen-bond acceptors (Lipinski definition) is 5. The van der Waals surface area contributed by atoms with Crippen molar-refractivity contribution in [3.63, 3.8) is 0 Å². The largest absolute Gasteiger partial charge is 0.348 e. The number of hydrogen-bond donors (Lipinski definition) is 0. The van der Waals surface area contributed by atoms with E-state index in [1.807, 2.05) is 20.8 Å². The number of nitrogens with zero attached hydrogens (tertiary/aromatic N) is 5. The molecule has 0 radical (unpaired) electrons. The fraction of sp³-hybridized carbons (Fsp3) is 0.500. The lowest BCUT2D eigenvalue weighted by Gasteiger charge is -2.43. The van der Waals surface area contributed by atoms with Gasteiger partial charge in [0.1, 0.15) is 17.5 Å². The van der Waals surface area contributed by atoms with Crippen LogP contribution in [0.4, 0.5) is 10.2 Å². The van der Waals surface area contributed by atoms with Gasteiger partial charge in [0.2, 0.25) is 10.0 Å². The predicted molar refractivity (Wildman–Crippen MR) is 148 cm³/mol. The van der Waals surface area contributed by atoms with Crippen LogP contribution in [-0.2, 0) is 10.0 Å². The Hall–Kier alpha value is -2.69. The van der Waals surface area contributed by atoms with Crippen LogP contribution in [-0.4, -0.2) is 70.7 Å². The molecule has 1 aromatic carbocycles. The van der Waals surface area contributed by atoms with E-state index in [2.05, 4.69) is 9.30 Å². The van der Waals surface area contributed by atoms with Crippen molar-refractivity contribution >= 4 is 38.9 Å². The fourth-order valence-electron chi connectivity index (χ4n) is 5.87. The van der Waals surface area contributed by atoms with Crippen LogP contribution in [0.3, 0.4) is 0 Å². The molecule has 2 saturated heterocycles. The lowest BCUT2D eigenvalue weighted by Crippen LogP contribution is -2.56. The monoisotopic (exact) mass is 573 g/mol. The molecule has 208 valence electrons. The molecule has 2 atom stereocenters. The summed E-state index contributed by atoms with van der Waals surface area (Å²) in [5.41, 5.74) is 0.459. The molecule has 1 aliphatic carbocycles. The lowest BCUT2D eigenvalue weighted by molar-refractivity contribution is 0.0717. The van der Waals surface area contributed by atoms with Crippen LogP contribution < -0.4 is 4.90 Å². The van der Waals surface area contributed by atoms with Gasteiger partial charge in [0.25, 0.3) is 5.91 Å². The molecule has 0 N–H and O–H groups in total. The highest BCUT2D eigenvalue weighted by Gasteiger charge is 2.44. The van der Waals surface area contributed by atoms with Crippen LogP contribution in [0.5, 0.6) is 0 Å². The number of halogens is 2. The van der Waals surface area contributed by atoms with Crippen LogP contribution in [0, 0.1) is 5.82 Å². The van der Waals surface area contributed by atoms with Crippen molar-refractivity contribution in [2.24, 2.45) is 0 Å². The van der Waals surface area contributed by atoms with Crippen LogP contribution in [0.1, 0.15) is 68.6 Å². The number of sulfonamides is 1. The molecule has 4 heterocycles. The zero-order chi connectivity index (χ0) is 27.9. The van der Waals surface area contributed by atoms with Crippen molar-refractivity contribution in [2.45, 2.75) is 74.9 Å². The number of rotatable bonds is 5. The molecule has 39 heavy (non-hydrogen) atoms. The van der Waals surface area contributed by atoms with E-state index in [4.69, 9.17) is 16.6 Å². The quantitative estimate of drug-likeness (QED) is 0.433. The number of carbonyl (C=O) groups excluding carboxylic acids is 1. The van der Waals surface area contributed by atoms with Gasteiger partial charge in [-0.15, -0.1) is 0 Å². The highest BCUT2D eigenvalue weighted by atomic mass is 35.5. The van der Waals surface area contributed by atoms with Crippen molar-refractivity contribution in [1.82, 2.24) is 18.6 Å². The second kappa shape index (κ2) is 9.17. The number of imidazole rings is 1. The van der Waals surface area contributed by atoms with Crippen molar-refractivity contribution in [3.8, 4) is 0 Å². The molecule has 3 fully saturated rings. The van der Waals surface area contributed by atoms with Gasteiger partial charge in [-0.2, -0.15) is 4.31 Å². The molecule has 8 nitrogen and oxygen atoms in total. The number of anilines is 1. The van der Waals surface area contributed by atoms with Gasteiger partial charge in [0.15, 0.2) is 0 Å². The smallest absolute Gasteiger partial charge is 0.255 e. The Balaban J connectivity index is 1.40. The second-order valence-electron chi connectivity index (χ2n) is 12.0. The van der Waals surface area contributed by atoms with Crippen molar-refractivity contribution in [1.29, 1.82) is 0 Å². The van der Waals surface area contributed by atoms with Crippen molar-refractivity contribution in [3.05, 3.63) is 58.8 Å². The third-order valence-corrected chi connectivity index (χ3v) is 10.8. The van der Waals surface area contributed by atoms with Crippen LogP contribution in [0.25, 0.3) is 5.52 Å². The summed E-state index contributed by atoms with van der Waals surface area (Å²) >= 11 is 6.21. The van der Waals surface area contributed by atoms with E-state index < -0.39 is 21.4 Å². The van der Waals surface area contributed by atoms with E-state index in [1.54, 1.807) is 30.3 Å². The van der Waals surface area contributed by atoms with E-state index in [0.717, 1.165) is 48.9 Å². The maximum atomic E-state index is 13.7. The lowest BCUT2D eigenvalue weighted by atomic mass is 10.1. The molecule has 1 amide bonds. The van der Waals surface area contributed by atoms with E-state index in [1.165, 1.54) is 16.4 Å². The SMILES string of the molecule is CN(C(C)(C)C)S(=O)(=O)c1cc(N2[C@@H]3CC[C@H]2CN(C(=O)c2ccc(F)cc2Cl)C3)n2c(C3CC3)ncc2c1. The Bertz CT molecular complexity index is 1570. The van der Waals surface area contributed by atoms with E-state index in [9.17, 15) is 17.6 Å². The summed E-state index contributed by atoms with van der Waals surface area (Å²) < 4.78 is 44.6. The maximum Gasteiger partial charge on any atom is 0.255 e. The molecule has 3 aliphatic rings. The topological polar surface area (TPSA) is 78.2 Å². The molecular weight excluding hydrogens is 541 g/mol. The molecule has 0 spiro atoms. The van der Waals surface area contributed by atoms with E-state index >= 15 is 0 Å². The van der Waals surface area contributed by atoms with E-state index in [0.29, 0.717) is 19.0 Å². The van der Waals surface area contributed by atoms with E-state index in [-0.39, 0.29) is 33.5 Å². The molecule has 6 rings (SSSR count). The third kappa shape index (κ3) is 4.50. The molecule has 2 aromatic heterocycles. The van der Waals surface area contributed by atoms with Gasteiger partial charge in [-0.3, -0.25) is 9.20 Å². The predicted octanol–water partition coefficient (Wildman–Crippen LogP) is 4.92. The van der Waals surface area contributed by atoms with Gasteiger partial charge in [0.05, 0.1) is 27.2 Å². The number of piperazine rings is 1. The number of amides is 1. The zero-order valence-corrected chi connectivity index (χ0v) is 24.1. The van der Waals surface area contributed by atoms with Gasteiger partial charge >= 0.3 is 0 Å². The fourth-order valence-corrected chi connectivity index (χ4v) is 7.68. The Kier molecular flexibility index (Phi) is 6.24. The standard InChI is InChI=1S/C28H33ClFN5O3S/c1-28(2,3)32(4)39(37,38)22-12-21-14-31-26(17-5-6-17)35(21)25(13-22)34-19-8-9-20(34)16-33(15-19)27(36)23-10-7-18(30)11-24(23)29/h7,10-14,17,19-20H,5-6,8-9,15-16H2,1-4H3/t19-,20+. The first kappa shape index (κ1) is 26.5. The minimum absolute atomic E-state index is 0.00266. The molecular formula is C28H33ClFN5O3S. The number of benzene rings is 1. The minimum atomic E-state index is -3.77. The molecule has 2 bridgehead atoms. The van der Waals surface area contributed by atoms with Crippen molar-refractivity contribution < 1.29 is 17.6 Å². The first-order chi connectivity index (χ1) is 18.4. The summed E-state index contributed by atoms with van der Waals surface area (Å²) in [5, 5.41) is 0.102. The maximum absolute atomic E-state index is 13.7. The summed E-state index contributed by atoms with van der Waals surface area (Å²) in [6.07, 6.45) is 5.65. The first-order valence-electron chi connectivity index (χ1n) is 13.4. The summed E-state index contributed by atoms with van der Waals surface area (Å²) in [7, 11) is -2.16.